The minimum atomic E-state index is -2.82. The van der Waals surface area contributed by atoms with Gasteiger partial charge in [0, 0.05) is 68.8 Å². The van der Waals surface area contributed by atoms with Gasteiger partial charge in [0.2, 0.25) is 0 Å². The van der Waals surface area contributed by atoms with Gasteiger partial charge in [-0.2, -0.15) is 0 Å². The van der Waals surface area contributed by atoms with Crippen LogP contribution in [-0.4, -0.2) is 99.1 Å². The van der Waals surface area contributed by atoms with Crippen LogP contribution in [0.4, 0.5) is 11.5 Å². The minimum Gasteiger partial charge on any atom is -0.370 e. The summed E-state index contributed by atoms with van der Waals surface area (Å²) >= 11 is 0. The standard InChI is InChI=1S/C23H34N6O2S/c1-19-18-25-23(20-4-6-21(7-5-20)29-12-10-27(2)11-13-29)26-22(19)24-8-3-9-28-14-16-32(30,31)17-15-28/h4-7,18H,3,8-17H2,1-2H3,(H,24,25,26). The molecule has 32 heavy (non-hydrogen) atoms. The Kier molecular flexibility index (Phi) is 7.27. The molecule has 2 aromatic rings. The van der Waals surface area contributed by atoms with Crippen LogP contribution < -0.4 is 10.2 Å². The van der Waals surface area contributed by atoms with E-state index in [9.17, 15) is 8.42 Å². The lowest BCUT2D eigenvalue weighted by Crippen LogP contribution is -2.44. The summed E-state index contributed by atoms with van der Waals surface area (Å²) in [5, 5.41) is 3.44. The summed E-state index contributed by atoms with van der Waals surface area (Å²) in [6.07, 6.45) is 2.81. The largest absolute Gasteiger partial charge is 0.370 e. The van der Waals surface area contributed by atoms with Crippen molar-refractivity contribution in [1.82, 2.24) is 19.8 Å². The van der Waals surface area contributed by atoms with Crippen molar-refractivity contribution in [3.05, 3.63) is 36.0 Å². The van der Waals surface area contributed by atoms with Crippen molar-refractivity contribution in [2.75, 3.05) is 81.1 Å². The summed E-state index contributed by atoms with van der Waals surface area (Å²) in [5.41, 5.74) is 3.28. The second-order valence-corrected chi connectivity index (χ2v) is 11.1. The Morgan fingerprint density at radius 2 is 1.69 bits per heavy atom. The van der Waals surface area contributed by atoms with Gasteiger partial charge in [0.15, 0.2) is 15.7 Å². The third-order valence-electron chi connectivity index (χ3n) is 6.35. The number of nitrogens with one attached hydrogen (secondary N) is 1. The van der Waals surface area contributed by atoms with E-state index in [4.69, 9.17) is 4.98 Å². The predicted molar refractivity (Wildman–Crippen MR) is 130 cm³/mol. The van der Waals surface area contributed by atoms with E-state index >= 15 is 0 Å². The first-order valence-electron chi connectivity index (χ1n) is 11.4. The van der Waals surface area contributed by atoms with Crippen LogP contribution >= 0.6 is 0 Å². The first-order valence-corrected chi connectivity index (χ1v) is 13.3. The van der Waals surface area contributed by atoms with Crippen LogP contribution in [0.3, 0.4) is 0 Å². The second kappa shape index (κ2) is 10.1. The molecule has 2 saturated heterocycles. The van der Waals surface area contributed by atoms with E-state index in [-0.39, 0.29) is 11.5 Å². The number of anilines is 2. The zero-order valence-electron chi connectivity index (χ0n) is 19.1. The molecule has 0 atom stereocenters. The van der Waals surface area contributed by atoms with Gasteiger partial charge in [-0.05, 0) is 51.2 Å². The van der Waals surface area contributed by atoms with Gasteiger partial charge in [0.05, 0.1) is 11.5 Å². The van der Waals surface area contributed by atoms with Crippen molar-refractivity contribution in [3.8, 4) is 11.4 Å². The maximum absolute atomic E-state index is 11.6. The molecule has 4 rings (SSSR count). The Labute approximate surface area is 191 Å². The molecule has 2 aliphatic rings. The summed E-state index contributed by atoms with van der Waals surface area (Å²) < 4.78 is 23.1. The number of likely N-dealkylation sites (N-methyl/N-ethyl adjacent to an activating group) is 1. The number of aryl methyl sites for hydroxylation is 1. The van der Waals surface area contributed by atoms with Crippen molar-refractivity contribution in [2.45, 2.75) is 13.3 Å². The average molecular weight is 459 g/mol. The van der Waals surface area contributed by atoms with E-state index in [1.165, 1.54) is 5.69 Å². The molecule has 1 aromatic carbocycles. The summed E-state index contributed by atoms with van der Waals surface area (Å²) in [5.74, 6) is 2.15. The summed E-state index contributed by atoms with van der Waals surface area (Å²) in [6, 6.07) is 8.53. The minimum absolute atomic E-state index is 0.280. The lowest BCUT2D eigenvalue weighted by Gasteiger charge is -2.34. The number of rotatable bonds is 7. The maximum atomic E-state index is 11.6. The van der Waals surface area contributed by atoms with Gasteiger partial charge in [-0.25, -0.2) is 18.4 Å². The molecule has 0 aliphatic carbocycles. The average Bonchev–Trinajstić information content (AvgIpc) is 2.79. The molecule has 9 heteroatoms. The molecule has 0 unspecified atom stereocenters. The van der Waals surface area contributed by atoms with Crippen molar-refractivity contribution in [1.29, 1.82) is 0 Å². The molecule has 0 bridgehead atoms. The highest BCUT2D eigenvalue weighted by Crippen LogP contribution is 2.23. The van der Waals surface area contributed by atoms with Crippen LogP contribution in [-0.2, 0) is 9.84 Å². The van der Waals surface area contributed by atoms with Crippen LogP contribution in [0.25, 0.3) is 11.4 Å². The Morgan fingerprint density at radius 3 is 2.38 bits per heavy atom. The smallest absolute Gasteiger partial charge is 0.161 e. The third-order valence-corrected chi connectivity index (χ3v) is 7.96. The Hall–Kier alpha value is -2.23. The lowest BCUT2D eigenvalue weighted by molar-refractivity contribution is 0.294. The zero-order valence-corrected chi connectivity index (χ0v) is 19.9. The molecule has 0 radical (unpaired) electrons. The van der Waals surface area contributed by atoms with Gasteiger partial charge in [-0.1, -0.05) is 0 Å². The molecule has 2 aliphatic heterocycles. The molecule has 1 N–H and O–H groups in total. The summed E-state index contributed by atoms with van der Waals surface area (Å²) in [6.45, 7) is 9.28. The fourth-order valence-corrected chi connectivity index (χ4v) is 5.41. The van der Waals surface area contributed by atoms with Gasteiger partial charge in [0.1, 0.15) is 5.82 Å². The molecule has 1 aromatic heterocycles. The Bertz CT molecular complexity index is 990. The van der Waals surface area contributed by atoms with Crippen LogP contribution in [0.1, 0.15) is 12.0 Å². The highest BCUT2D eigenvalue weighted by Gasteiger charge is 2.21. The molecule has 174 valence electrons. The van der Waals surface area contributed by atoms with Crippen LogP contribution in [0.2, 0.25) is 0 Å². The van der Waals surface area contributed by atoms with E-state index in [1.807, 2.05) is 13.1 Å². The quantitative estimate of drug-likeness (QED) is 0.629. The normalized spacial score (nSPS) is 19.8. The highest BCUT2D eigenvalue weighted by molar-refractivity contribution is 7.91. The molecular weight excluding hydrogens is 424 g/mol. The van der Waals surface area contributed by atoms with E-state index in [1.54, 1.807) is 0 Å². The van der Waals surface area contributed by atoms with Crippen LogP contribution in [0.5, 0.6) is 0 Å². The molecule has 2 fully saturated rings. The highest BCUT2D eigenvalue weighted by atomic mass is 32.2. The SMILES string of the molecule is Cc1cnc(-c2ccc(N3CCN(C)CC3)cc2)nc1NCCCN1CCS(=O)(=O)CC1. The Morgan fingerprint density at radius 1 is 1.00 bits per heavy atom. The number of benzene rings is 1. The fourth-order valence-electron chi connectivity index (χ4n) is 4.13. The van der Waals surface area contributed by atoms with E-state index < -0.39 is 9.84 Å². The monoisotopic (exact) mass is 458 g/mol. The lowest BCUT2D eigenvalue weighted by atomic mass is 10.1. The molecule has 3 heterocycles. The first kappa shape index (κ1) is 22.9. The predicted octanol–water partition coefficient (Wildman–Crippen LogP) is 1.74. The molecule has 0 amide bonds. The first-order chi connectivity index (χ1) is 15.4. The van der Waals surface area contributed by atoms with Gasteiger partial charge >= 0.3 is 0 Å². The van der Waals surface area contributed by atoms with Crippen molar-refractivity contribution < 1.29 is 8.42 Å². The summed E-state index contributed by atoms with van der Waals surface area (Å²) in [4.78, 5) is 16.3. The molecule has 0 spiro atoms. The number of hydrogen-bond acceptors (Lipinski definition) is 8. The number of aromatic nitrogens is 2. The zero-order chi connectivity index (χ0) is 22.6. The molecule has 0 saturated carbocycles. The van der Waals surface area contributed by atoms with Crippen molar-refractivity contribution in [2.24, 2.45) is 0 Å². The topological polar surface area (TPSA) is 81.7 Å². The third kappa shape index (κ3) is 5.96. The molecule has 8 nitrogen and oxygen atoms in total. The second-order valence-electron chi connectivity index (χ2n) is 8.84. The number of nitrogens with zero attached hydrogens (tertiary/aromatic N) is 5. The number of hydrogen-bond donors (Lipinski definition) is 1. The van der Waals surface area contributed by atoms with Crippen LogP contribution in [0.15, 0.2) is 30.5 Å². The van der Waals surface area contributed by atoms with Gasteiger partial charge in [0.25, 0.3) is 0 Å². The molecular formula is C23H34N6O2S. The van der Waals surface area contributed by atoms with Gasteiger partial charge < -0.3 is 20.0 Å². The van der Waals surface area contributed by atoms with Crippen molar-refractivity contribution in [3.63, 3.8) is 0 Å². The van der Waals surface area contributed by atoms with Gasteiger partial charge in [-0.15, -0.1) is 0 Å². The van der Waals surface area contributed by atoms with E-state index in [0.29, 0.717) is 13.1 Å². The fraction of sp³-hybridized carbons (Fsp3) is 0.565. The van der Waals surface area contributed by atoms with Crippen molar-refractivity contribution >= 4 is 21.3 Å². The number of piperazine rings is 1. The maximum Gasteiger partial charge on any atom is 0.161 e. The summed E-state index contributed by atoms with van der Waals surface area (Å²) in [7, 11) is -0.649. The Balaban J connectivity index is 1.31. The number of sulfone groups is 1. The van der Waals surface area contributed by atoms with E-state index in [2.05, 4.69) is 56.3 Å². The van der Waals surface area contributed by atoms with Crippen LogP contribution in [0, 0.1) is 6.92 Å². The van der Waals surface area contributed by atoms with Gasteiger partial charge in [-0.3, -0.25) is 0 Å². The van der Waals surface area contributed by atoms with E-state index in [0.717, 1.165) is 68.5 Å².